The third-order valence-corrected chi connectivity index (χ3v) is 6.08. The zero-order valence-corrected chi connectivity index (χ0v) is 16.1. The summed E-state index contributed by atoms with van der Waals surface area (Å²) in [6.45, 7) is 5.82. The van der Waals surface area contributed by atoms with Crippen molar-refractivity contribution in [1.29, 1.82) is 0 Å². The Morgan fingerprint density at radius 3 is 2.77 bits per heavy atom. The van der Waals surface area contributed by atoms with Crippen LogP contribution in [-0.4, -0.2) is 66.1 Å². The number of aromatic nitrogens is 1. The van der Waals surface area contributed by atoms with Crippen LogP contribution in [0.5, 0.6) is 0 Å². The van der Waals surface area contributed by atoms with Crippen molar-refractivity contribution >= 4 is 28.4 Å². The van der Waals surface area contributed by atoms with E-state index in [1.54, 1.807) is 0 Å². The molecule has 1 aromatic heterocycles. The predicted molar refractivity (Wildman–Crippen MR) is 103 cm³/mol. The number of pyridine rings is 1. The van der Waals surface area contributed by atoms with E-state index in [0.717, 1.165) is 62.3 Å². The normalized spacial score (nSPS) is 20.7. The molecule has 2 fully saturated rings. The van der Waals surface area contributed by atoms with Gasteiger partial charge in [0.15, 0.2) is 0 Å². The molecule has 1 amide bonds. The van der Waals surface area contributed by atoms with E-state index in [9.17, 15) is 4.79 Å². The van der Waals surface area contributed by atoms with Crippen LogP contribution in [0.25, 0.3) is 10.9 Å². The summed E-state index contributed by atoms with van der Waals surface area (Å²) in [5.74, 6) is 0.0710. The SMILES string of the molecule is Cc1cc(C(=O)N2CCN(C)C3(CCOCC3)C2)c2cc(Cl)ccc2n1. The Labute approximate surface area is 158 Å². The molecule has 2 aliphatic heterocycles. The molecule has 2 saturated heterocycles. The summed E-state index contributed by atoms with van der Waals surface area (Å²) in [6, 6.07) is 7.43. The maximum Gasteiger partial charge on any atom is 0.254 e. The van der Waals surface area contributed by atoms with Gasteiger partial charge in [0.25, 0.3) is 5.91 Å². The van der Waals surface area contributed by atoms with E-state index in [-0.39, 0.29) is 11.4 Å². The van der Waals surface area contributed by atoms with E-state index in [4.69, 9.17) is 16.3 Å². The van der Waals surface area contributed by atoms with Crippen molar-refractivity contribution < 1.29 is 9.53 Å². The summed E-state index contributed by atoms with van der Waals surface area (Å²) in [5, 5.41) is 1.45. The molecule has 0 atom stereocenters. The third-order valence-electron chi connectivity index (χ3n) is 5.84. The highest BCUT2D eigenvalue weighted by atomic mass is 35.5. The maximum atomic E-state index is 13.4. The Hall–Kier alpha value is -1.69. The lowest BCUT2D eigenvalue weighted by atomic mass is 9.85. The molecule has 0 radical (unpaired) electrons. The van der Waals surface area contributed by atoms with Gasteiger partial charge in [-0.2, -0.15) is 0 Å². The molecule has 4 rings (SSSR count). The minimum Gasteiger partial charge on any atom is -0.381 e. The van der Waals surface area contributed by atoms with Crippen molar-refractivity contribution in [2.45, 2.75) is 25.3 Å². The molecule has 26 heavy (non-hydrogen) atoms. The number of hydrogen-bond acceptors (Lipinski definition) is 4. The molecule has 1 spiro atoms. The number of amides is 1. The van der Waals surface area contributed by atoms with Crippen LogP contribution in [0.1, 0.15) is 28.9 Å². The first kappa shape index (κ1) is 17.7. The highest BCUT2D eigenvalue weighted by molar-refractivity contribution is 6.31. The zero-order chi connectivity index (χ0) is 18.3. The molecule has 1 aromatic carbocycles. The molecule has 2 aromatic rings. The maximum absolute atomic E-state index is 13.4. The van der Waals surface area contributed by atoms with Gasteiger partial charge in [-0.1, -0.05) is 11.6 Å². The fourth-order valence-electron chi connectivity index (χ4n) is 4.21. The van der Waals surface area contributed by atoms with Gasteiger partial charge in [-0.25, -0.2) is 0 Å². The van der Waals surface area contributed by atoms with Crippen LogP contribution in [0.3, 0.4) is 0 Å². The zero-order valence-electron chi connectivity index (χ0n) is 15.3. The number of halogens is 1. The summed E-state index contributed by atoms with van der Waals surface area (Å²) in [4.78, 5) is 22.4. The molecule has 0 unspecified atom stereocenters. The fourth-order valence-corrected chi connectivity index (χ4v) is 4.38. The van der Waals surface area contributed by atoms with E-state index < -0.39 is 0 Å². The molecule has 0 bridgehead atoms. The Morgan fingerprint density at radius 2 is 2.00 bits per heavy atom. The van der Waals surface area contributed by atoms with Gasteiger partial charge in [0, 0.05) is 54.5 Å². The number of carbonyl (C=O) groups excluding carboxylic acids is 1. The van der Waals surface area contributed by atoms with Gasteiger partial charge in [-0.05, 0) is 51.1 Å². The monoisotopic (exact) mass is 373 g/mol. The lowest BCUT2D eigenvalue weighted by molar-refractivity contribution is -0.0543. The lowest BCUT2D eigenvalue weighted by Crippen LogP contribution is -2.63. The van der Waals surface area contributed by atoms with Gasteiger partial charge in [0.2, 0.25) is 0 Å². The van der Waals surface area contributed by atoms with Gasteiger partial charge in [-0.3, -0.25) is 14.7 Å². The van der Waals surface area contributed by atoms with Gasteiger partial charge < -0.3 is 9.64 Å². The second-order valence-corrected chi connectivity index (χ2v) is 7.89. The average molecular weight is 374 g/mol. The summed E-state index contributed by atoms with van der Waals surface area (Å²) in [7, 11) is 2.17. The largest absolute Gasteiger partial charge is 0.381 e. The third kappa shape index (κ3) is 3.08. The summed E-state index contributed by atoms with van der Waals surface area (Å²) in [6.07, 6.45) is 1.93. The van der Waals surface area contributed by atoms with Crippen LogP contribution < -0.4 is 0 Å². The predicted octanol–water partition coefficient (Wildman–Crippen LogP) is 3.13. The Balaban J connectivity index is 1.69. The fraction of sp³-hybridized carbons (Fsp3) is 0.500. The molecule has 0 aliphatic carbocycles. The molecule has 6 heteroatoms. The first-order valence-electron chi connectivity index (χ1n) is 9.14. The number of rotatable bonds is 1. The van der Waals surface area contributed by atoms with Crippen molar-refractivity contribution in [2.75, 3.05) is 39.9 Å². The van der Waals surface area contributed by atoms with E-state index in [0.29, 0.717) is 10.6 Å². The van der Waals surface area contributed by atoms with Gasteiger partial charge in [-0.15, -0.1) is 0 Å². The minimum absolute atomic E-state index is 0.0294. The number of nitrogens with zero attached hydrogens (tertiary/aromatic N) is 3. The summed E-state index contributed by atoms with van der Waals surface area (Å²) < 4.78 is 5.56. The average Bonchev–Trinajstić information content (AvgIpc) is 2.64. The number of hydrogen-bond donors (Lipinski definition) is 0. The van der Waals surface area contributed by atoms with E-state index in [2.05, 4.69) is 16.9 Å². The van der Waals surface area contributed by atoms with E-state index in [1.807, 2.05) is 36.1 Å². The van der Waals surface area contributed by atoms with Crippen molar-refractivity contribution in [3.05, 3.63) is 40.5 Å². The summed E-state index contributed by atoms with van der Waals surface area (Å²) >= 11 is 6.18. The summed E-state index contributed by atoms with van der Waals surface area (Å²) in [5.41, 5.74) is 2.38. The number of aryl methyl sites for hydroxylation is 1. The smallest absolute Gasteiger partial charge is 0.254 e. The quantitative estimate of drug-likeness (QED) is 0.770. The lowest BCUT2D eigenvalue weighted by Gasteiger charge is -2.51. The number of ether oxygens (including phenoxy) is 1. The molecule has 0 N–H and O–H groups in total. The van der Waals surface area contributed by atoms with Crippen molar-refractivity contribution in [2.24, 2.45) is 0 Å². The number of fused-ring (bicyclic) bond motifs is 1. The van der Waals surface area contributed by atoms with Crippen molar-refractivity contribution in [3.8, 4) is 0 Å². The van der Waals surface area contributed by atoms with Gasteiger partial charge >= 0.3 is 0 Å². The number of piperazine rings is 1. The van der Waals surface area contributed by atoms with Crippen molar-refractivity contribution in [1.82, 2.24) is 14.8 Å². The van der Waals surface area contributed by atoms with Crippen LogP contribution in [-0.2, 0) is 4.74 Å². The standard InChI is InChI=1S/C20H24ClN3O2/c1-14-11-17(16-12-15(21)3-4-18(16)22-14)19(25)24-8-7-23(2)20(13-24)5-9-26-10-6-20/h3-4,11-12H,5-10,13H2,1-2H3. The van der Waals surface area contributed by atoms with Gasteiger partial charge in [0.05, 0.1) is 11.1 Å². The highest BCUT2D eigenvalue weighted by Gasteiger charge is 2.42. The number of carbonyl (C=O) groups is 1. The molecule has 3 heterocycles. The molecule has 2 aliphatic rings. The van der Waals surface area contributed by atoms with Crippen LogP contribution in [0.4, 0.5) is 0 Å². The Morgan fingerprint density at radius 1 is 1.23 bits per heavy atom. The van der Waals surface area contributed by atoms with Crippen LogP contribution in [0.15, 0.2) is 24.3 Å². The topological polar surface area (TPSA) is 45.7 Å². The van der Waals surface area contributed by atoms with Crippen LogP contribution in [0.2, 0.25) is 5.02 Å². The Bertz CT molecular complexity index is 848. The first-order chi connectivity index (χ1) is 12.5. The molecular formula is C20H24ClN3O2. The van der Waals surface area contributed by atoms with Gasteiger partial charge in [0.1, 0.15) is 0 Å². The second kappa shape index (κ2) is 6.80. The van der Waals surface area contributed by atoms with Crippen molar-refractivity contribution in [3.63, 3.8) is 0 Å². The Kier molecular flexibility index (Phi) is 4.63. The molecule has 5 nitrogen and oxygen atoms in total. The first-order valence-corrected chi connectivity index (χ1v) is 9.51. The number of likely N-dealkylation sites (N-methyl/N-ethyl adjacent to an activating group) is 1. The minimum atomic E-state index is 0.0294. The van der Waals surface area contributed by atoms with Crippen LogP contribution >= 0.6 is 11.6 Å². The van der Waals surface area contributed by atoms with Crippen LogP contribution in [0, 0.1) is 6.92 Å². The number of benzene rings is 1. The molecule has 0 saturated carbocycles. The highest BCUT2D eigenvalue weighted by Crippen LogP contribution is 2.32. The second-order valence-electron chi connectivity index (χ2n) is 7.46. The molecule has 138 valence electrons. The van der Waals surface area contributed by atoms with E-state index >= 15 is 0 Å². The van der Waals surface area contributed by atoms with E-state index in [1.165, 1.54) is 0 Å². The molecular weight excluding hydrogens is 350 g/mol.